The molecule has 1 N–H and O–H groups in total. The minimum absolute atomic E-state index is 0. The Morgan fingerprint density at radius 2 is 1.80 bits per heavy atom. The van der Waals surface area contributed by atoms with Crippen LogP contribution in [0.4, 0.5) is 0 Å². The SMILES string of the molecule is Cl.Cl.Cl.Oc1cccnc1. The summed E-state index contributed by atoms with van der Waals surface area (Å²) < 4.78 is 0. The zero-order valence-electron chi connectivity index (χ0n) is 4.93. The maximum absolute atomic E-state index is 8.57. The predicted octanol–water partition coefficient (Wildman–Crippen LogP) is 2.05. The number of aromatic hydroxyl groups is 1. The van der Waals surface area contributed by atoms with Gasteiger partial charge in [-0.25, -0.2) is 0 Å². The fraction of sp³-hybridized carbons (Fsp3) is 0. The van der Waals surface area contributed by atoms with Gasteiger partial charge in [-0.1, -0.05) is 0 Å². The zero-order valence-corrected chi connectivity index (χ0v) is 7.38. The largest absolute Gasteiger partial charge is 0.506 e. The summed E-state index contributed by atoms with van der Waals surface area (Å²) in [5, 5.41) is 8.57. The minimum atomic E-state index is 0. The van der Waals surface area contributed by atoms with Gasteiger partial charge in [-0.05, 0) is 12.1 Å². The Balaban J connectivity index is -0.000000163. The van der Waals surface area contributed by atoms with E-state index in [1.807, 2.05) is 0 Å². The molecule has 0 atom stereocenters. The fourth-order valence-corrected chi connectivity index (χ4v) is 0.354. The lowest BCUT2D eigenvalue weighted by molar-refractivity contribution is 0.472. The first kappa shape index (κ1) is 16.4. The summed E-state index contributed by atoms with van der Waals surface area (Å²) in [6, 6.07) is 3.25. The van der Waals surface area contributed by atoms with E-state index in [4.69, 9.17) is 5.11 Å². The van der Waals surface area contributed by atoms with E-state index in [0.717, 1.165) is 0 Å². The molecule has 1 heterocycles. The van der Waals surface area contributed by atoms with Crippen LogP contribution in [0, 0.1) is 0 Å². The smallest absolute Gasteiger partial charge is 0.133 e. The third-order valence-electron chi connectivity index (χ3n) is 0.646. The summed E-state index contributed by atoms with van der Waals surface area (Å²) in [6.07, 6.45) is 3.00. The number of rotatable bonds is 0. The molecular formula is C5H8Cl3NO. The third kappa shape index (κ3) is 5.95. The van der Waals surface area contributed by atoms with Crippen molar-refractivity contribution >= 4 is 37.2 Å². The molecule has 10 heavy (non-hydrogen) atoms. The van der Waals surface area contributed by atoms with Crippen molar-refractivity contribution in [3.63, 3.8) is 0 Å². The molecule has 0 aliphatic heterocycles. The third-order valence-corrected chi connectivity index (χ3v) is 0.646. The van der Waals surface area contributed by atoms with Gasteiger partial charge in [0.25, 0.3) is 0 Å². The number of pyridine rings is 1. The average Bonchev–Trinajstić information content (AvgIpc) is 1.69. The highest BCUT2D eigenvalue weighted by atomic mass is 35.5. The highest BCUT2D eigenvalue weighted by Gasteiger charge is 1.76. The predicted molar refractivity (Wildman–Crippen MR) is 47.6 cm³/mol. The van der Waals surface area contributed by atoms with Gasteiger partial charge in [0.15, 0.2) is 0 Å². The number of aromatic nitrogens is 1. The number of nitrogens with zero attached hydrogens (tertiary/aromatic N) is 1. The van der Waals surface area contributed by atoms with E-state index in [1.165, 1.54) is 6.20 Å². The van der Waals surface area contributed by atoms with Crippen LogP contribution < -0.4 is 0 Å². The van der Waals surface area contributed by atoms with Crippen molar-refractivity contribution in [3.05, 3.63) is 24.5 Å². The molecule has 1 aromatic heterocycles. The number of hydrogen-bond donors (Lipinski definition) is 1. The molecule has 0 saturated heterocycles. The van der Waals surface area contributed by atoms with E-state index in [2.05, 4.69) is 4.98 Å². The summed E-state index contributed by atoms with van der Waals surface area (Å²) in [5.41, 5.74) is 0. The summed E-state index contributed by atoms with van der Waals surface area (Å²) in [5.74, 6) is 0.211. The van der Waals surface area contributed by atoms with Gasteiger partial charge >= 0.3 is 0 Å². The van der Waals surface area contributed by atoms with Crippen LogP contribution in [0.1, 0.15) is 0 Å². The second-order valence-corrected chi connectivity index (χ2v) is 1.21. The van der Waals surface area contributed by atoms with E-state index in [9.17, 15) is 0 Å². The molecular weight excluding hydrogens is 196 g/mol. The molecule has 60 valence electrons. The molecule has 0 amide bonds. The van der Waals surface area contributed by atoms with Gasteiger partial charge in [0.05, 0.1) is 6.20 Å². The van der Waals surface area contributed by atoms with Gasteiger partial charge in [-0.2, -0.15) is 0 Å². The van der Waals surface area contributed by atoms with Crippen molar-refractivity contribution in [2.75, 3.05) is 0 Å². The monoisotopic (exact) mass is 203 g/mol. The van der Waals surface area contributed by atoms with E-state index in [0.29, 0.717) is 0 Å². The van der Waals surface area contributed by atoms with E-state index in [1.54, 1.807) is 18.3 Å². The molecule has 0 saturated carbocycles. The lowest BCUT2D eigenvalue weighted by Gasteiger charge is -1.81. The van der Waals surface area contributed by atoms with Crippen molar-refractivity contribution in [3.8, 4) is 5.75 Å². The Hall–Kier alpha value is -0.180. The first-order valence-corrected chi connectivity index (χ1v) is 1.98. The Kier molecular flexibility index (Phi) is 14.5. The summed E-state index contributed by atoms with van der Waals surface area (Å²) in [7, 11) is 0. The normalized spacial score (nSPS) is 6.00. The van der Waals surface area contributed by atoms with E-state index >= 15 is 0 Å². The second-order valence-electron chi connectivity index (χ2n) is 1.21. The van der Waals surface area contributed by atoms with Crippen molar-refractivity contribution in [2.24, 2.45) is 0 Å². The molecule has 0 aliphatic rings. The van der Waals surface area contributed by atoms with Gasteiger partial charge in [0, 0.05) is 6.20 Å². The van der Waals surface area contributed by atoms with Crippen LogP contribution in [0.25, 0.3) is 0 Å². The molecule has 0 aliphatic carbocycles. The van der Waals surface area contributed by atoms with Gasteiger partial charge < -0.3 is 5.11 Å². The Morgan fingerprint density at radius 3 is 2.00 bits per heavy atom. The molecule has 2 nitrogen and oxygen atoms in total. The minimum Gasteiger partial charge on any atom is -0.506 e. The van der Waals surface area contributed by atoms with Crippen LogP contribution in [-0.4, -0.2) is 10.1 Å². The summed E-state index contributed by atoms with van der Waals surface area (Å²) >= 11 is 0. The molecule has 1 aromatic rings. The molecule has 0 bridgehead atoms. The highest BCUT2D eigenvalue weighted by molar-refractivity contribution is 5.86. The summed E-state index contributed by atoms with van der Waals surface area (Å²) in [4.78, 5) is 3.63. The maximum atomic E-state index is 8.57. The van der Waals surface area contributed by atoms with Gasteiger partial charge in [-0.3, -0.25) is 4.98 Å². The quantitative estimate of drug-likeness (QED) is 0.702. The van der Waals surface area contributed by atoms with Crippen molar-refractivity contribution in [1.29, 1.82) is 0 Å². The first-order valence-electron chi connectivity index (χ1n) is 1.98. The maximum Gasteiger partial charge on any atom is 0.133 e. The molecule has 1 rings (SSSR count). The van der Waals surface area contributed by atoms with Crippen molar-refractivity contribution in [1.82, 2.24) is 4.98 Å². The number of halogens is 3. The molecule has 0 fully saturated rings. The molecule has 5 heteroatoms. The topological polar surface area (TPSA) is 33.1 Å². The molecule has 0 spiro atoms. The lowest BCUT2D eigenvalue weighted by atomic mass is 10.5. The Bertz CT molecular complexity index is 147. The first-order chi connectivity index (χ1) is 3.39. The molecule has 0 unspecified atom stereocenters. The highest BCUT2D eigenvalue weighted by Crippen LogP contribution is 1.99. The second kappa shape index (κ2) is 8.82. The Labute approximate surface area is 77.9 Å². The molecule has 0 aromatic carbocycles. The van der Waals surface area contributed by atoms with Gasteiger partial charge in [0.2, 0.25) is 0 Å². The van der Waals surface area contributed by atoms with Crippen molar-refractivity contribution in [2.45, 2.75) is 0 Å². The van der Waals surface area contributed by atoms with E-state index in [-0.39, 0.29) is 43.0 Å². The fourth-order valence-electron chi connectivity index (χ4n) is 0.354. The van der Waals surface area contributed by atoms with E-state index < -0.39 is 0 Å². The van der Waals surface area contributed by atoms with Crippen LogP contribution in [0.15, 0.2) is 24.5 Å². The average molecular weight is 204 g/mol. The van der Waals surface area contributed by atoms with Crippen LogP contribution in [0.3, 0.4) is 0 Å². The Morgan fingerprint density at radius 1 is 1.20 bits per heavy atom. The van der Waals surface area contributed by atoms with Crippen LogP contribution in [0.2, 0.25) is 0 Å². The zero-order chi connectivity index (χ0) is 5.11. The van der Waals surface area contributed by atoms with Gasteiger partial charge in [0.1, 0.15) is 5.75 Å². The van der Waals surface area contributed by atoms with Crippen LogP contribution >= 0.6 is 37.2 Å². The van der Waals surface area contributed by atoms with Crippen LogP contribution in [-0.2, 0) is 0 Å². The number of hydrogen-bond acceptors (Lipinski definition) is 2. The standard InChI is InChI=1S/C5H5NO.3ClH/c7-5-2-1-3-6-4-5;;;/h1-4,7H;3*1H. The summed E-state index contributed by atoms with van der Waals surface area (Å²) in [6.45, 7) is 0. The molecule has 0 radical (unpaired) electrons. The van der Waals surface area contributed by atoms with Gasteiger partial charge in [-0.15, -0.1) is 37.2 Å². The van der Waals surface area contributed by atoms with Crippen molar-refractivity contribution < 1.29 is 5.11 Å². The van der Waals surface area contributed by atoms with Crippen LogP contribution in [0.5, 0.6) is 5.75 Å². The lowest BCUT2D eigenvalue weighted by Crippen LogP contribution is -1.64.